The smallest absolute Gasteiger partial charge is 0.267 e. The van der Waals surface area contributed by atoms with Gasteiger partial charge in [0.25, 0.3) is 5.91 Å². The Kier molecular flexibility index (Phi) is 4.10. The van der Waals surface area contributed by atoms with Crippen molar-refractivity contribution in [2.24, 2.45) is 0 Å². The average molecular weight is 300 g/mol. The molecule has 1 aromatic carbocycles. The van der Waals surface area contributed by atoms with Crippen LogP contribution in [-0.2, 0) is 17.4 Å². The van der Waals surface area contributed by atoms with Gasteiger partial charge in [0.2, 0.25) is 0 Å². The number of aromatic nitrogens is 1. The fourth-order valence-electron chi connectivity index (χ4n) is 2.44. The zero-order chi connectivity index (χ0) is 14.7. The van der Waals surface area contributed by atoms with Gasteiger partial charge in [-0.2, -0.15) is 0 Å². The Morgan fingerprint density at radius 2 is 1.81 bits per heavy atom. The Bertz CT molecular complexity index is 638. The SMILES string of the molecule is O=C1c2ccccc2S(=O)N1CCCCc1ccncc1. The second-order valence-corrected chi connectivity index (χ2v) is 6.34. The number of nitrogens with zero attached hydrogens (tertiary/aromatic N) is 2. The van der Waals surface area contributed by atoms with E-state index in [1.54, 1.807) is 30.6 Å². The van der Waals surface area contributed by atoms with E-state index in [0.29, 0.717) is 17.0 Å². The normalized spacial score (nSPS) is 17.0. The van der Waals surface area contributed by atoms with Gasteiger partial charge in [-0.05, 0) is 49.1 Å². The predicted octanol–water partition coefficient (Wildman–Crippen LogP) is 2.58. The lowest BCUT2D eigenvalue weighted by atomic mass is 10.1. The van der Waals surface area contributed by atoms with Gasteiger partial charge in [-0.25, -0.2) is 4.21 Å². The van der Waals surface area contributed by atoms with E-state index < -0.39 is 11.0 Å². The number of amides is 1. The Hall–Kier alpha value is -2.01. The molecule has 5 heteroatoms. The van der Waals surface area contributed by atoms with Crippen LogP contribution >= 0.6 is 0 Å². The van der Waals surface area contributed by atoms with Gasteiger partial charge < -0.3 is 0 Å². The molecule has 0 saturated carbocycles. The van der Waals surface area contributed by atoms with Gasteiger partial charge in [0.1, 0.15) is 0 Å². The second-order valence-electron chi connectivity index (χ2n) is 4.97. The molecular formula is C16H16N2O2S. The van der Waals surface area contributed by atoms with E-state index in [4.69, 9.17) is 0 Å². The summed E-state index contributed by atoms with van der Waals surface area (Å²) in [6.45, 7) is 0.533. The van der Waals surface area contributed by atoms with Crippen LogP contribution in [0, 0.1) is 0 Å². The molecule has 1 amide bonds. The van der Waals surface area contributed by atoms with Crippen molar-refractivity contribution in [2.45, 2.75) is 24.2 Å². The van der Waals surface area contributed by atoms with Crippen LogP contribution in [-0.4, -0.2) is 26.0 Å². The molecule has 3 rings (SSSR count). The van der Waals surface area contributed by atoms with Crippen LogP contribution in [0.5, 0.6) is 0 Å². The van der Waals surface area contributed by atoms with Crippen LogP contribution in [0.25, 0.3) is 0 Å². The molecule has 2 aromatic rings. The fourth-order valence-corrected chi connectivity index (χ4v) is 3.76. The molecule has 0 N–H and O–H groups in total. The van der Waals surface area contributed by atoms with E-state index >= 15 is 0 Å². The molecule has 4 nitrogen and oxygen atoms in total. The van der Waals surface area contributed by atoms with Crippen LogP contribution in [0.1, 0.15) is 28.8 Å². The van der Waals surface area contributed by atoms with E-state index in [-0.39, 0.29) is 5.91 Å². The summed E-state index contributed by atoms with van der Waals surface area (Å²) in [5.41, 5.74) is 1.81. The molecule has 0 saturated heterocycles. The number of fused-ring (bicyclic) bond motifs is 1. The second kappa shape index (κ2) is 6.18. The van der Waals surface area contributed by atoms with Crippen molar-refractivity contribution in [3.63, 3.8) is 0 Å². The van der Waals surface area contributed by atoms with E-state index in [1.165, 1.54) is 9.87 Å². The molecule has 2 heterocycles. The Morgan fingerprint density at radius 3 is 2.57 bits per heavy atom. The first-order valence-electron chi connectivity index (χ1n) is 6.99. The van der Waals surface area contributed by atoms with E-state index in [2.05, 4.69) is 4.98 Å². The van der Waals surface area contributed by atoms with Crippen molar-refractivity contribution >= 4 is 16.9 Å². The first-order chi connectivity index (χ1) is 10.3. The van der Waals surface area contributed by atoms with Crippen LogP contribution in [0.15, 0.2) is 53.7 Å². The summed E-state index contributed by atoms with van der Waals surface area (Å²) in [5.74, 6) is -0.118. The van der Waals surface area contributed by atoms with Crippen molar-refractivity contribution < 1.29 is 9.00 Å². The van der Waals surface area contributed by atoms with Gasteiger partial charge in [-0.15, -0.1) is 0 Å². The lowest BCUT2D eigenvalue weighted by Crippen LogP contribution is -2.27. The molecule has 1 aliphatic rings. The van der Waals surface area contributed by atoms with Crippen LogP contribution in [0.3, 0.4) is 0 Å². The molecule has 0 spiro atoms. The Labute approximate surface area is 126 Å². The predicted molar refractivity (Wildman–Crippen MR) is 81.1 cm³/mol. The van der Waals surface area contributed by atoms with Gasteiger partial charge in [-0.1, -0.05) is 12.1 Å². The highest BCUT2D eigenvalue weighted by atomic mass is 32.2. The summed E-state index contributed by atoms with van der Waals surface area (Å²) in [5, 5.41) is 0. The quantitative estimate of drug-likeness (QED) is 0.798. The third-order valence-corrected chi connectivity index (χ3v) is 5.04. The van der Waals surface area contributed by atoms with E-state index in [0.717, 1.165) is 19.3 Å². The van der Waals surface area contributed by atoms with Crippen molar-refractivity contribution in [3.8, 4) is 0 Å². The molecule has 0 aliphatic carbocycles. The lowest BCUT2D eigenvalue weighted by Gasteiger charge is -2.13. The summed E-state index contributed by atoms with van der Waals surface area (Å²) in [6.07, 6.45) is 6.31. The minimum atomic E-state index is -1.34. The van der Waals surface area contributed by atoms with Crippen LogP contribution < -0.4 is 0 Å². The van der Waals surface area contributed by atoms with E-state index in [9.17, 15) is 9.00 Å². The molecule has 1 aromatic heterocycles. The minimum Gasteiger partial charge on any atom is -0.268 e. The highest BCUT2D eigenvalue weighted by Crippen LogP contribution is 2.26. The first kappa shape index (κ1) is 13.9. The maximum Gasteiger partial charge on any atom is 0.267 e. The standard InChI is InChI=1S/C16H16N2O2S/c19-16-14-6-1-2-7-15(14)21(20)18(16)12-4-3-5-13-8-10-17-11-9-13/h1-2,6-11H,3-5,12H2. The van der Waals surface area contributed by atoms with Crippen LogP contribution in [0.2, 0.25) is 0 Å². The van der Waals surface area contributed by atoms with Gasteiger partial charge >= 0.3 is 0 Å². The number of hydrogen-bond acceptors (Lipinski definition) is 3. The molecule has 21 heavy (non-hydrogen) atoms. The molecule has 1 atom stereocenters. The largest absolute Gasteiger partial charge is 0.268 e. The molecule has 1 aliphatic heterocycles. The molecule has 0 fully saturated rings. The Morgan fingerprint density at radius 1 is 1.05 bits per heavy atom. The van der Waals surface area contributed by atoms with Crippen molar-refractivity contribution in [1.82, 2.24) is 9.29 Å². The van der Waals surface area contributed by atoms with Crippen molar-refractivity contribution in [2.75, 3.05) is 6.54 Å². The van der Waals surface area contributed by atoms with E-state index in [1.807, 2.05) is 18.2 Å². The van der Waals surface area contributed by atoms with Crippen molar-refractivity contribution in [3.05, 3.63) is 59.9 Å². The fraction of sp³-hybridized carbons (Fsp3) is 0.250. The number of pyridine rings is 1. The van der Waals surface area contributed by atoms with Gasteiger partial charge in [0.15, 0.2) is 11.0 Å². The number of carbonyl (C=O) groups excluding carboxylic acids is 1. The Balaban J connectivity index is 1.55. The number of carbonyl (C=O) groups is 1. The summed E-state index contributed by atoms with van der Waals surface area (Å²) in [7, 11) is -1.34. The van der Waals surface area contributed by atoms with Gasteiger partial charge in [0, 0.05) is 18.9 Å². The minimum absolute atomic E-state index is 0.118. The third kappa shape index (κ3) is 2.88. The highest BCUT2D eigenvalue weighted by molar-refractivity contribution is 7.84. The third-order valence-electron chi connectivity index (χ3n) is 3.56. The molecule has 0 radical (unpaired) electrons. The zero-order valence-electron chi connectivity index (χ0n) is 11.6. The number of benzene rings is 1. The number of rotatable bonds is 5. The summed E-state index contributed by atoms with van der Waals surface area (Å²) < 4.78 is 13.7. The maximum absolute atomic E-state index is 12.3. The number of hydrogen-bond donors (Lipinski definition) is 0. The number of aryl methyl sites for hydroxylation is 1. The number of unbranched alkanes of at least 4 members (excludes halogenated alkanes) is 1. The summed E-state index contributed by atoms with van der Waals surface area (Å²) >= 11 is 0. The lowest BCUT2D eigenvalue weighted by molar-refractivity contribution is 0.0873. The molecule has 0 bridgehead atoms. The monoisotopic (exact) mass is 300 g/mol. The summed E-state index contributed by atoms with van der Waals surface area (Å²) in [6, 6.07) is 11.1. The van der Waals surface area contributed by atoms with Crippen molar-refractivity contribution in [1.29, 1.82) is 0 Å². The summed E-state index contributed by atoms with van der Waals surface area (Å²) in [4.78, 5) is 16.8. The molecular weight excluding hydrogens is 284 g/mol. The van der Waals surface area contributed by atoms with Gasteiger partial charge in [0.05, 0.1) is 10.5 Å². The maximum atomic E-state index is 12.3. The topological polar surface area (TPSA) is 50.3 Å². The van der Waals surface area contributed by atoms with Crippen LogP contribution in [0.4, 0.5) is 0 Å². The average Bonchev–Trinajstić information content (AvgIpc) is 2.77. The first-order valence-corrected chi connectivity index (χ1v) is 8.10. The van der Waals surface area contributed by atoms with Gasteiger partial charge in [-0.3, -0.25) is 14.1 Å². The molecule has 1 unspecified atom stereocenters. The highest BCUT2D eigenvalue weighted by Gasteiger charge is 2.33. The zero-order valence-corrected chi connectivity index (χ0v) is 12.4. The molecule has 108 valence electrons.